The van der Waals surface area contributed by atoms with Crippen molar-refractivity contribution in [3.8, 4) is 11.6 Å². The summed E-state index contributed by atoms with van der Waals surface area (Å²) in [6.07, 6.45) is 1.75. The van der Waals surface area contributed by atoms with E-state index in [-0.39, 0.29) is 17.2 Å². The monoisotopic (exact) mass is 384 g/mol. The number of nitrogens with zero attached hydrogens (tertiary/aromatic N) is 4. The maximum absolute atomic E-state index is 13.9. The number of rotatable bonds is 3. The maximum atomic E-state index is 13.9. The van der Waals surface area contributed by atoms with Crippen molar-refractivity contribution in [3.05, 3.63) is 58.9 Å². The lowest BCUT2D eigenvalue weighted by Gasteiger charge is -2.34. The van der Waals surface area contributed by atoms with Crippen LogP contribution in [0, 0.1) is 24.0 Å². The van der Waals surface area contributed by atoms with Gasteiger partial charge in [0.15, 0.2) is 11.6 Å². The van der Waals surface area contributed by atoms with E-state index in [0.717, 1.165) is 36.2 Å². The summed E-state index contributed by atoms with van der Waals surface area (Å²) in [4.78, 5) is 0. The number of aromatic nitrogens is 4. The van der Waals surface area contributed by atoms with Crippen LogP contribution in [0.4, 0.5) is 8.78 Å². The third-order valence-electron chi connectivity index (χ3n) is 6.38. The van der Waals surface area contributed by atoms with Crippen molar-refractivity contribution in [1.29, 1.82) is 0 Å². The Morgan fingerprint density at radius 1 is 1.11 bits per heavy atom. The Morgan fingerprint density at radius 3 is 2.54 bits per heavy atom. The summed E-state index contributed by atoms with van der Waals surface area (Å²) in [7, 11) is 0. The molecule has 2 heterocycles. The quantitative estimate of drug-likeness (QED) is 0.665. The predicted octanol–water partition coefficient (Wildman–Crippen LogP) is 4.44. The summed E-state index contributed by atoms with van der Waals surface area (Å²) in [6, 6.07) is 5.28. The first kappa shape index (κ1) is 17.2. The van der Waals surface area contributed by atoms with Gasteiger partial charge in [0.2, 0.25) is 23.4 Å². The van der Waals surface area contributed by atoms with Gasteiger partial charge in [-0.1, -0.05) is 19.9 Å². The predicted molar refractivity (Wildman–Crippen MR) is 94.0 cm³/mol. The molecule has 8 heteroatoms. The van der Waals surface area contributed by atoms with Crippen molar-refractivity contribution in [2.24, 2.45) is 5.41 Å². The van der Waals surface area contributed by atoms with E-state index < -0.39 is 22.8 Å². The van der Waals surface area contributed by atoms with Crippen LogP contribution < -0.4 is 4.74 Å². The topological polar surface area (TPSA) is 73.9 Å². The van der Waals surface area contributed by atoms with Gasteiger partial charge in [0.1, 0.15) is 0 Å². The van der Waals surface area contributed by atoms with E-state index >= 15 is 0 Å². The highest BCUT2D eigenvalue weighted by atomic mass is 19.1. The molecule has 144 valence electrons. The van der Waals surface area contributed by atoms with Crippen molar-refractivity contribution in [1.82, 2.24) is 20.4 Å². The molecule has 2 aliphatic carbocycles. The zero-order valence-electron chi connectivity index (χ0n) is 15.7. The largest absolute Gasteiger partial charge is 0.431 e. The van der Waals surface area contributed by atoms with E-state index in [1.165, 1.54) is 6.07 Å². The number of fused-ring (bicyclic) bond motifs is 5. The standard InChI is InChI=1S/C20H18F2N4O2/c1-10-23-26-18(27-10)20-8-7-12(19(20,2)3)11-9-15(24-25-17(11)20)28-16-13(21)5-4-6-14(16)22/h4-6,9,12H,7-8H2,1-3H3/t12-,20+/m0/s1. The molecule has 2 aromatic heterocycles. The Hall–Kier alpha value is -2.90. The molecule has 0 aliphatic heterocycles. The second-order valence-electron chi connectivity index (χ2n) is 7.98. The summed E-state index contributed by atoms with van der Waals surface area (Å²) >= 11 is 0. The molecule has 28 heavy (non-hydrogen) atoms. The number of hydrogen-bond acceptors (Lipinski definition) is 6. The van der Waals surface area contributed by atoms with Crippen molar-refractivity contribution in [3.63, 3.8) is 0 Å². The van der Waals surface area contributed by atoms with Gasteiger partial charge < -0.3 is 9.15 Å². The average Bonchev–Trinajstić information content (AvgIpc) is 3.25. The Balaban J connectivity index is 1.61. The molecular formula is C20H18F2N4O2. The zero-order chi connectivity index (χ0) is 19.7. The molecule has 3 aromatic rings. The first-order valence-corrected chi connectivity index (χ1v) is 9.15. The molecule has 1 saturated carbocycles. The highest BCUT2D eigenvalue weighted by Gasteiger charge is 2.67. The molecule has 1 aromatic carbocycles. The first-order chi connectivity index (χ1) is 13.3. The van der Waals surface area contributed by atoms with Crippen LogP contribution in [-0.4, -0.2) is 20.4 Å². The average molecular weight is 384 g/mol. The lowest BCUT2D eigenvalue weighted by atomic mass is 9.68. The van der Waals surface area contributed by atoms with Crippen LogP contribution >= 0.6 is 0 Å². The van der Waals surface area contributed by atoms with E-state index in [4.69, 9.17) is 9.15 Å². The van der Waals surface area contributed by atoms with E-state index in [0.29, 0.717) is 11.8 Å². The van der Waals surface area contributed by atoms with Crippen LogP contribution in [0.5, 0.6) is 11.6 Å². The van der Waals surface area contributed by atoms with Crippen molar-refractivity contribution < 1.29 is 17.9 Å². The molecule has 0 amide bonds. The van der Waals surface area contributed by atoms with Crippen molar-refractivity contribution in [2.75, 3.05) is 0 Å². The lowest BCUT2D eigenvalue weighted by Crippen LogP contribution is -2.37. The molecule has 0 spiro atoms. The minimum Gasteiger partial charge on any atom is -0.431 e. The molecule has 5 rings (SSSR count). The smallest absolute Gasteiger partial charge is 0.239 e. The fraction of sp³-hybridized carbons (Fsp3) is 0.400. The summed E-state index contributed by atoms with van der Waals surface area (Å²) in [5.74, 6) is -0.786. The fourth-order valence-corrected chi connectivity index (χ4v) is 4.98. The summed E-state index contributed by atoms with van der Waals surface area (Å²) < 4.78 is 39.1. The van der Waals surface area contributed by atoms with Crippen LogP contribution in [0.1, 0.15) is 55.6 Å². The molecule has 0 unspecified atom stereocenters. The summed E-state index contributed by atoms with van der Waals surface area (Å²) in [5, 5.41) is 16.8. The molecule has 0 saturated heterocycles. The zero-order valence-corrected chi connectivity index (χ0v) is 15.7. The van der Waals surface area contributed by atoms with Crippen LogP contribution in [-0.2, 0) is 5.41 Å². The second kappa shape index (κ2) is 5.56. The first-order valence-electron chi connectivity index (χ1n) is 9.15. The van der Waals surface area contributed by atoms with Gasteiger partial charge in [-0.3, -0.25) is 0 Å². The molecule has 0 radical (unpaired) electrons. The van der Waals surface area contributed by atoms with E-state index in [1.807, 2.05) is 0 Å². The second-order valence-corrected chi connectivity index (χ2v) is 7.98. The molecule has 2 aliphatic rings. The van der Waals surface area contributed by atoms with Gasteiger partial charge in [-0.15, -0.1) is 15.3 Å². The number of para-hydroxylation sites is 1. The number of aryl methyl sites for hydroxylation is 1. The molecule has 1 fully saturated rings. The molecule has 0 N–H and O–H groups in total. The van der Waals surface area contributed by atoms with Gasteiger partial charge in [0.25, 0.3) is 0 Å². The molecule has 2 bridgehead atoms. The van der Waals surface area contributed by atoms with Crippen LogP contribution in [0.25, 0.3) is 0 Å². The highest BCUT2D eigenvalue weighted by molar-refractivity contribution is 5.51. The van der Waals surface area contributed by atoms with Crippen LogP contribution in [0.15, 0.2) is 28.7 Å². The van der Waals surface area contributed by atoms with E-state index in [9.17, 15) is 8.78 Å². The maximum Gasteiger partial charge on any atom is 0.239 e. The Morgan fingerprint density at radius 2 is 1.86 bits per heavy atom. The van der Waals surface area contributed by atoms with Gasteiger partial charge >= 0.3 is 0 Å². The Labute approximate surface area is 160 Å². The fourth-order valence-electron chi connectivity index (χ4n) is 4.98. The third kappa shape index (κ3) is 2.05. The number of benzene rings is 1. The van der Waals surface area contributed by atoms with E-state index in [2.05, 4.69) is 34.2 Å². The number of ether oxygens (including phenoxy) is 1. The number of halogens is 2. The summed E-state index contributed by atoms with van der Waals surface area (Å²) in [6.45, 7) is 6.07. The SMILES string of the molecule is Cc1nnc([C@@]23CC[C@@H](c4cc(Oc5c(F)cccc5F)nnc42)C3(C)C)o1. The number of hydrogen-bond donors (Lipinski definition) is 0. The molecule has 2 atom stereocenters. The van der Waals surface area contributed by atoms with Gasteiger partial charge in [-0.2, -0.15) is 5.10 Å². The van der Waals surface area contributed by atoms with Gasteiger partial charge in [-0.05, 0) is 41.9 Å². The van der Waals surface area contributed by atoms with Crippen molar-refractivity contribution >= 4 is 0 Å². The van der Waals surface area contributed by atoms with Crippen LogP contribution in [0.2, 0.25) is 0 Å². The minimum absolute atomic E-state index is 0.0583. The Kier molecular flexibility index (Phi) is 3.42. The lowest BCUT2D eigenvalue weighted by molar-refractivity contribution is 0.204. The third-order valence-corrected chi connectivity index (χ3v) is 6.38. The molecular weight excluding hydrogens is 366 g/mol. The van der Waals surface area contributed by atoms with Crippen LogP contribution in [0.3, 0.4) is 0 Å². The minimum atomic E-state index is -0.790. The van der Waals surface area contributed by atoms with Gasteiger partial charge in [0, 0.05) is 13.0 Å². The highest BCUT2D eigenvalue weighted by Crippen LogP contribution is 2.69. The normalized spacial score (nSPS) is 24.4. The van der Waals surface area contributed by atoms with Gasteiger partial charge in [0.05, 0.1) is 11.1 Å². The molecule has 6 nitrogen and oxygen atoms in total. The van der Waals surface area contributed by atoms with Crippen molar-refractivity contribution in [2.45, 2.75) is 44.9 Å². The summed E-state index contributed by atoms with van der Waals surface area (Å²) in [5.41, 5.74) is 0.987. The van der Waals surface area contributed by atoms with Gasteiger partial charge in [-0.25, -0.2) is 8.78 Å². The Bertz CT molecular complexity index is 1080. The van der Waals surface area contributed by atoms with E-state index in [1.54, 1.807) is 13.0 Å².